The van der Waals surface area contributed by atoms with Gasteiger partial charge < -0.3 is 4.90 Å². The van der Waals surface area contributed by atoms with Crippen LogP contribution in [0.4, 0.5) is 0 Å². The number of carbonyl (C=O) groups excluding carboxylic acids is 1. The van der Waals surface area contributed by atoms with Gasteiger partial charge in [0.2, 0.25) is 0 Å². The fourth-order valence-corrected chi connectivity index (χ4v) is 2.64. The lowest BCUT2D eigenvalue weighted by Gasteiger charge is -2.24. The summed E-state index contributed by atoms with van der Waals surface area (Å²) in [5.74, 6) is 0.615. The van der Waals surface area contributed by atoms with Crippen LogP contribution in [0.2, 0.25) is 0 Å². The first-order chi connectivity index (χ1) is 9.74. The Bertz CT molecular complexity index is 595. The molecule has 1 atom stereocenters. The Morgan fingerprint density at radius 2 is 2.35 bits per heavy atom. The van der Waals surface area contributed by atoms with Crippen molar-refractivity contribution in [2.24, 2.45) is 0 Å². The maximum Gasteiger partial charge on any atom is 0.272 e. The molecule has 2 aromatic rings. The van der Waals surface area contributed by atoms with Crippen molar-refractivity contribution in [2.45, 2.75) is 32.4 Å². The highest BCUT2D eigenvalue weighted by Crippen LogP contribution is 2.20. The van der Waals surface area contributed by atoms with Crippen LogP contribution in [0.1, 0.15) is 29.2 Å². The van der Waals surface area contributed by atoms with Gasteiger partial charge in [-0.2, -0.15) is 5.10 Å². The van der Waals surface area contributed by atoms with E-state index in [-0.39, 0.29) is 11.9 Å². The molecule has 0 aromatic carbocycles. The Morgan fingerprint density at radius 1 is 1.45 bits per heavy atom. The fraction of sp³-hybridized carbons (Fsp3) is 0.429. The molecule has 0 radical (unpaired) electrons. The highest BCUT2D eigenvalue weighted by molar-refractivity contribution is 5.92. The average molecular weight is 271 g/mol. The fourth-order valence-electron chi connectivity index (χ4n) is 2.64. The van der Waals surface area contributed by atoms with Crippen molar-refractivity contribution in [3.8, 4) is 0 Å². The number of amides is 1. The minimum atomic E-state index is -0.00911. The topological polar surface area (TPSA) is 63.9 Å². The third kappa shape index (κ3) is 2.54. The van der Waals surface area contributed by atoms with Crippen molar-refractivity contribution in [2.75, 3.05) is 6.54 Å². The predicted octanol–water partition coefficient (Wildman–Crippen LogP) is 1.29. The lowest BCUT2D eigenvalue weighted by atomic mass is 10.2. The van der Waals surface area contributed by atoms with Crippen molar-refractivity contribution >= 4 is 5.91 Å². The van der Waals surface area contributed by atoms with E-state index in [4.69, 9.17) is 0 Å². The molecule has 1 aliphatic rings. The normalized spacial score (nSPS) is 18.4. The molecule has 0 aliphatic carbocycles. The van der Waals surface area contributed by atoms with Crippen LogP contribution in [0.15, 0.2) is 30.7 Å². The molecule has 0 N–H and O–H groups in total. The van der Waals surface area contributed by atoms with E-state index in [1.165, 1.54) is 0 Å². The molecule has 2 aromatic heterocycles. The van der Waals surface area contributed by atoms with Crippen molar-refractivity contribution in [3.05, 3.63) is 42.2 Å². The number of aryl methyl sites for hydroxylation is 1. The first kappa shape index (κ1) is 12.8. The van der Waals surface area contributed by atoms with Gasteiger partial charge in [0.15, 0.2) is 0 Å². The molecular formula is C14H17N5O. The number of likely N-dealkylation sites (tertiary alicyclic amines) is 1. The summed E-state index contributed by atoms with van der Waals surface area (Å²) in [5.41, 5.74) is 0.477. The summed E-state index contributed by atoms with van der Waals surface area (Å²) in [4.78, 5) is 22.7. The molecule has 6 heteroatoms. The van der Waals surface area contributed by atoms with Gasteiger partial charge in [-0.3, -0.25) is 9.48 Å². The lowest BCUT2D eigenvalue weighted by molar-refractivity contribution is 0.0715. The number of aromatic nitrogens is 4. The van der Waals surface area contributed by atoms with E-state index in [1.54, 1.807) is 25.4 Å². The second kappa shape index (κ2) is 5.40. The molecule has 0 bridgehead atoms. The van der Waals surface area contributed by atoms with Gasteiger partial charge in [-0.1, -0.05) is 0 Å². The Balaban J connectivity index is 1.76. The summed E-state index contributed by atoms with van der Waals surface area (Å²) >= 11 is 0. The SMILES string of the molecule is Cc1nccc(C(=O)N2CCC[C@H]2Cn2cccn2)n1. The third-order valence-electron chi connectivity index (χ3n) is 3.59. The number of hydrogen-bond donors (Lipinski definition) is 0. The van der Waals surface area contributed by atoms with E-state index in [0.29, 0.717) is 11.5 Å². The maximum atomic E-state index is 12.5. The number of nitrogens with zero attached hydrogens (tertiary/aromatic N) is 5. The molecule has 6 nitrogen and oxygen atoms in total. The average Bonchev–Trinajstić information content (AvgIpc) is 3.10. The van der Waals surface area contributed by atoms with Crippen LogP contribution in [0.25, 0.3) is 0 Å². The van der Waals surface area contributed by atoms with Crippen molar-refractivity contribution in [1.29, 1.82) is 0 Å². The van der Waals surface area contributed by atoms with Crippen molar-refractivity contribution < 1.29 is 4.79 Å². The van der Waals surface area contributed by atoms with E-state index in [2.05, 4.69) is 15.1 Å². The first-order valence-electron chi connectivity index (χ1n) is 6.82. The van der Waals surface area contributed by atoms with Gasteiger partial charge >= 0.3 is 0 Å². The van der Waals surface area contributed by atoms with E-state index >= 15 is 0 Å². The number of rotatable bonds is 3. The summed E-state index contributed by atoms with van der Waals surface area (Å²) < 4.78 is 1.88. The highest BCUT2D eigenvalue weighted by atomic mass is 16.2. The summed E-state index contributed by atoms with van der Waals surface area (Å²) in [6.45, 7) is 3.32. The van der Waals surface area contributed by atoms with Gasteiger partial charge in [0.25, 0.3) is 5.91 Å². The minimum Gasteiger partial charge on any atom is -0.332 e. The van der Waals surface area contributed by atoms with Crippen LogP contribution in [-0.2, 0) is 6.54 Å². The molecular weight excluding hydrogens is 254 g/mol. The van der Waals surface area contributed by atoms with Crippen LogP contribution in [0.5, 0.6) is 0 Å². The quantitative estimate of drug-likeness (QED) is 0.843. The number of hydrogen-bond acceptors (Lipinski definition) is 4. The highest BCUT2D eigenvalue weighted by Gasteiger charge is 2.30. The van der Waals surface area contributed by atoms with Gasteiger partial charge in [0.1, 0.15) is 11.5 Å². The molecule has 1 fully saturated rings. The lowest BCUT2D eigenvalue weighted by Crippen LogP contribution is -2.38. The Kier molecular flexibility index (Phi) is 3.45. The second-order valence-electron chi connectivity index (χ2n) is 5.01. The van der Waals surface area contributed by atoms with Crippen LogP contribution < -0.4 is 0 Å². The monoisotopic (exact) mass is 271 g/mol. The summed E-state index contributed by atoms with van der Waals surface area (Å²) in [5, 5.41) is 4.21. The van der Waals surface area contributed by atoms with Gasteiger partial charge in [-0.05, 0) is 31.9 Å². The zero-order valence-corrected chi connectivity index (χ0v) is 11.4. The first-order valence-corrected chi connectivity index (χ1v) is 6.82. The van der Waals surface area contributed by atoms with Crippen LogP contribution in [0.3, 0.4) is 0 Å². The smallest absolute Gasteiger partial charge is 0.272 e. The second-order valence-corrected chi connectivity index (χ2v) is 5.01. The zero-order valence-electron chi connectivity index (χ0n) is 11.4. The molecule has 20 heavy (non-hydrogen) atoms. The standard InChI is InChI=1S/C14H17N5O/c1-11-15-7-5-13(17-11)14(20)19-9-2-4-12(19)10-18-8-3-6-16-18/h3,5-8,12H,2,4,9-10H2,1H3/t12-/m0/s1. The molecule has 3 rings (SSSR count). The van der Waals surface area contributed by atoms with Gasteiger partial charge in [-0.25, -0.2) is 9.97 Å². The zero-order chi connectivity index (χ0) is 13.9. The van der Waals surface area contributed by atoms with Gasteiger partial charge in [0, 0.05) is 25.1 Å². The van der Waals surface area contributed by atoms with E-state index < -0.39 is 0 Å². The van der Waals surface area contributed by atoms with Gasteiger partial charge in [0.05, 0.1) is 12.6 Å². The molecule has 0 unspecified atom stereocenters. The number of carbonyl (C=O) groups is 1. The van der Waals surface area contributed by atoms with Crippen LogP contribution in [0, 0.1) is 6.92 Å². The minimum absolute atomic E-state index is 0.00911. The predicted molar refractivity (Wildman–Crippen MR) is 73.1 cm³/mol. The van der Waals surface area contributed by atoms with Crippen molar-refractivity contribution in [3.63, 3.8) is 0 Å². The Hall–Kier alpha value is -2.24. The molecule has 1 aliphatic heterocycles. The molecule has 3 heterocycles. The summed E-state index contributed by atoms with van der Waals surface area (Å²) in [6, 6.07) is 3.77. The van der Waals surface area contributed by atoms with Crippen LogP contribution in [-0.4, -0.2) is 43.1 Å². The summed E-state index contributed by atoms with van der Waals surface area (Å²) in [6.07, 6.45) is 7.36. The largest absolute Gasteiger partial charge is 0.332 e. The van der Waals surface area contributed by atoms with Gasteiger partial charge in [-0.15, -0.1) is 0 Å². The molecule has 104 valence electrons. The molecule has 1 saturated heterocycles. The molecule has 1 amide bonds. The Labute approximate surface area is 117 Å². The third-order valence-corrected chi connectivity index (χ3v) is 3.59. The van der Waals surface area contributed by atoms with E-state index in [0.717, 1.165) is 25.9 Å². The van der Waals surface area contributed by atoms with Crippen molar-refractivity contribution in [1.82, 2.24) is 24.6 Å². The van der Waals surface area contributed by atoms with E-state index in [1.807, 2.05) is 21.8 Å². The molecule has 0 spiro atoms. The molecule has 0 saturated carbocycles. The summed E-state index contributed by atoms with van der Waals surface area (Å²) in [7, 11) is 0. The maximum absolute atomic E-state index is 12.5. The Morgan fingerprint density at radius 3 is 3.10 bits per heavy atom. The van der Waals surface area contributed by atoms with E-state index in [9.17, 15) is 4.79 Å². The van der Waals surface area contributed by atoms with Crippen LogP contribution >= 0.6 is 0 Å².